The van der Waals surface area contributed by atoms with Gasteiger partial charge in [0.15, 0.2) is 5.65 Å². The van der Waals surface area contributed by atoms with Gasteiger partial charge in [0, 0.05) is 62.0 Å². The normalized spacial score (nSPS) is 20.2. The van der Waals surface area contributed by atoms with E-state index in [-0.39, 0.29) is 28.5 Å². The maximum absolute atomic E-state index is 13.2. The van der Waals surface area contributed by atoms with Gasteiger partial charge in [-0.05, 0) is 67.9 Å². The number of carbonyl (C=O) groups excluding carboxylic acids is 1. The second kappa shape index (κ2) is 12.6. The molecule has 2 aliphatic heterocycles. The molecule has 2 saturated heterocycles. The van der Waals surface area contributed by atoms with Gasteiger partial charge in [-0.25, -0.2) is 19.7 Å². The number of likely N-dealkylation sites (tertiary alicyclic amines) is 1. The van der Waals surface area contributed by atoms with E-state index in [9.17, 15) is 14.4 Å². The molecule has 2 atom stereocenters. The minimum absolute atomic E-state index is 0.128. The average Bonchev–Trinajstić information content (AvgIpc) is 3.74. The number of hydrogen-bond acceptors (Lipinski definition) is 9. The molecule has 0 bridgehead atoms. The second-order valence-electron chi connectivity index (χ2n) is 13.9. The van der Waals surface area contributed by atoms with E-state index in [1.54, 1.807) is 14.2 Å². The van der Waals surface area contributed by atoms with Crippen LogP contribution in [0.3, 0.4) is 0 Å². The van der Waals surface area contributed by atoms with Gasteiger partial charge in [0.1, 0.15) is 17.5 Å². The molecule has 1 spiro atoms. The zero-order valence-electron chi connectivity index (χ0n) is 29.0. The number of fused-ring (bicyclic) bond motifs is 2. The van der Waals surface area contributed by atoms with Crippen molar-refractivity contribution in [2.24, 2.45) is 14.1 Å². The van der Waals surface area contributed by atoms with Gasteiger partial charge in [-0.3, -0.25) is 23.6 Å². The van der Waals surface area contributed by atoms with Crippen LogP contribution in [0.25, 0.3) is 33.4 Å². The summed E-state index contributed by atoms with van der Waals surface area (Å²) in [7, 11) is 4.69. The fourth-order valence-electron chi connectivity index (χ4n) is 8.35. The molecule has 0 radical (unpaired) electrons. The molecule has 0 saturated carbocycles. The zero-order chi connectivity index (χ0) is 35.6. The lowest BCUT2D eigenvalue weighted by Gasteiger charge is -2.35. The van der Waals surface area contributed by atoms with Crippen LogP contribution in [0.15, 0.2) is 58.4 Å². The number of aryl methyl sites for hydroxylation is 2. The summed E-state index contributed by atoms with van der Waals surface area (Å²) < 4.78 is 8.34. The van der Waals surface area contributed by atoms with Gasteiger partial charge in [-0.15, -0.1) is 0 Å². The third kappa shape index (κ3) is 5.48. The third-order valence-electron chi connectivity index (χ3n) is 11.0. The Morgan fingerprint density at radius 3 is 2.59 bits per heavy atom. The molecule has 13 heteroatoms. The number of benzene rings is 2. The Morgan fingerprint density at radius 1 is 1.00 bits per heavy atom. The summed E-state index contributed by atoms with van der Waals surface area (Å²) in [5, 5.41) is 7.41. The van der Waals surface area contributed by atoms with E-state index in [0.29, 0.717) is 23.1 Å². The Bertz CT molecular complexity index is 2370. The molecule has 1 amide bonds. The number of ether oxygens (including phenoxy) is 1. The first-order valence-corrected chi connectivity index (χ1v) is 17.7. The maximum Gasteiger partial charge on any atom is 0.332 e. The Labute approximate surface area is 299 Å². The standard InChI is InChI=1S/C38H39ClN8O4/c1-21-23(8-6-11-26(21)42-33-31-34(41-20-40-33)45(2)37(50)46(3)36(31)49)24-9-5-10-25(32(24)39)27-18-22-13-14-28(30(22)35(43-27)51-4)47-17-16-38(19-47)15-7-12-29(48)44-38/h5-6,8-11,18,20,28H,7,12-17,19H2,1-4H3,(H,44,48)(H,40,41,42)/t28?,38-/m0/s1. The number of aromatic nitrogens is 5. The first-order valence-electron chi connectivity index (χ1n) is 17.3. The van der Waals surface area contributed by atoms with Crippen LogP contribution >= 0.6 is 11.6 Å². The molecule has 5 heterocycles. The Kier molecular flexibility index (Phi) is 8.18. The first kappa shape index (κ1) is 33.1. The number of piperidine rings is 1. The predicted octanol–water partition coefficient (Wildman–Crippen LogP) is 5.20. The van der Waals surface area contributed by atoms with Gasteiger partial charge in [-0.1, -0.05) is 41.9 Å². The molecule has 51 heavy (non-hydrogen) atoms. The minimum Gasteiger partial charge on any atom is -0.481 e. The van der Waals surface area contributed by atoms with E-state index in [2.05, 4.69) is 31.6 Å². The zero-order valence-corrected chi connectivity index (χ0v) is 29.8. The van der Waals surface area contributed by atoms with E-state index in [1.807, 2.05) is 43.3 Å². The number of rotatable bonds is 6. The van der Waals surface area contributed by atoms with Crippen LogP contribution in [0.4, 0.5) is 11.5 Å². The number of methoxy groups -OCH3 is 1. The molecule has 262 valence electrons. The summed E-state index contributed by atoms with van der Waals surface area (Å²) in [4.78, 5) is 54.1. The summed E-state index contributed by atoms with van der Waals surface area (Å²) in [6.45, 7) is 3.76. The molecule has 1 aliphatic carbocycles. The average molecular weight is 707 g/mol. The predicted molar refractivity (Wildman–Crippen MR) is 197 cm³/mol. The lowest BCUT2D eigenvalue weighted by Crippen LogP contribution is -2.53. The lowest BCUT2D eigenvalue weighted by molar-refractivity contribution is -0.125. The summed E-state index contributed by atoms with van der Waals surface area (Å²) in [6.07, 6.45) is 6.76. The van der Waals surface area contributed by atoms with Gasteiger partial charge in [0.2, 0.25) is 11.8 Å². The highest BCUT2D eigenvalue weighted by molar-refractivity contribution is 6.36. The molecule has 5 aromatic rings. The van der Waals surface area contributed by atoms with Gasteiger partial charge in [-0.2, -0.15) is 0 Å². The van der Waals surface area contributed by atoms with E-state index < -0.39 is 11.2 Å². The molecule has 8 rings (SSSR count). The summed E-state index contributed by atoms with van der Waals surface area (Å²) in [5.74, 6) is 1.08. The van der Waals surface area contributed by atoms with Crippen molar-refractivity contribution >= 4 is 40.0 Å². The monoisotopic (exact) mass is 706 g/mol. The van der Waals surface area contributed by atoms with Crippen LogP contribution < -0.4 is 26.6 Å². The number of amides is 1. The van der Waals surface area contributed by atoms with Crippen LogP contribution in [-0.2, 0) is 25.3 Å². The van der Waals surface area contributed by atoms with Gasteiger partial charge >= 0.3 is 5.69 Å². The van der Waals surface area contributed by atoms with E-state index in [4.69, 9.17) is 21.3 Å². The van der Waals surface area contributed by atoms with Crippen molar-refractivity contribution in [3.63, 3.8) is 0 Å². The largest absolute Gasteiger partial charge is 0.481 e. The van der Waals surface area contributed by atoms with E-state index in [1.165, 1.54) is 23.5 Å². The molecule has 1 unspecified atom stereocenters. The number of nitrogens with one attached hydrogen (secondary N) is 2. The molecular formula is C38H39ClN8O4. The van der Waals surface area contributed by atoms with Crippen molar-refractivity contribution in [2.45, 2.75) is 57.0 Å². The van der Waals surface area contributed by atoms with Gasteiger partial charge < -0.3 is 15.4 Å². The molecule has 3 aliphatic rings. The molecule has 2 fully saturated rings. The quantitative estimate of drug-likeness (QED) is 0.244. The van der Waals surface area contributed by atoms with E-state index >= 15 is 0 Å². The van der Waals surface area contributed by atoms with Crippen molar-refractivity contribution in [3.05, 3.63) is 91.3 Å². The number of nitrogens with zero attached hydrogens (tertiary/aromatic N) is 6. The molecule has 3 aromatic heterocycles. The molecular weight excluding hydrogens is 668 g/mol. The van der Waals surface area contributed by atoms with Crippen LogP contribution in [0, 0.1) is 6.92 Å². The first-order chi connectivity index (χ1) is 24.6. The van der Waals surface area contributed by atoms with Gasteiger partial charge in [0.25, 0.3) is 5.56 Å². The molecule has 12 nitrogen and oxygen atoms in total. The molecule has 2 aromatic carbocycles. The smallest absolute Gasteiger partial charge is 0.332 e. The number of hydrogen-bond donors (Lipinski definition) is 2. The summed E-state index contributed by atoms with van der Waals surface area (Å²) >= 11 is 7.24. The number of carbonyl (C=O) groups is 1. The topological polar surface area (TPSA) is 136 Å². The van der Waals surface area contributed by atoms with Crippen LogP contribution in [0.5, 0.6) is 5.88 Å². The van der Waals surface area contributed by atoms with Crippen molar-refractivity contribution in [1.82, 2.24) is 34.3 Å². The number of pyridine rings is 1. The van der Waals surface area contributed by atoms with Crippen LogP contribution in [0.2, 0.25) is 5.02 Å². The number of anilines is 2. The fourth-order valence-corrected chi connectivity index (χ4v) is 8.67. The van der Waals surface area contributed by atoms with Gasteiger partial charge in [0.05, 0.1) is 23.4 Å². The summed E-state index contributed by atoms with van der Waals surface area (Å²) in [6, 6.07) is 14.1. The lowest BCUT2D eigenvalue weighted by atomic mass is 9.88. The summed E-state index contributed by atoms with van der Waals surface area (Å²) in [5.41, 5.74) is 6.41. The van der Waals surface area contributed by atoms with Crippen molar-refractivity contribution < 1.29 is 9.53 Å². The van der Waals surface area contributed by atoms with E-state index in [0.717, 1.165) is 89.0 Å². The van der Waals surface area contributed by atoms with Crippen molar-refractivity contribution in [1.29, 1.82) is 0 Å². The Morgan fingerprint density at radius 2 is 1.78 bits per heavy atom. The van der Waals surface area contributed by atoms with Crippen LogP contribution in [0.1, 0.15) is 54.8 Å². The minimum atomic E-state index is -0.480. The highest BCUT2D eigenvalue weighted by Crippen LogP contribution is 2.47. The maximum atomic E-state index is 13.2. The van der Waals surface area contributed by atoms with Crippen LogP contribution in [-0.4, -0.2) is 60.6 Å². The number of halogens is 1. The Balaban J connectivity index is 1.12. The SMILES string of the molecule is COc1nc(-c2cccc(-c3cccc(Nc4ncnc5c4c(=O)n(C)c(=O)n5C)c3C)c2Cl)cc2c1C(N1CC[C@@]3(CCCC(=O)N3)C1)CC2. The highest BCUT2D eigenvalue weighted by atomic mass is 35.5. The van der Waals surface area contributed by atoms with Crippen molar-refractivity contribution in [3.8, 4) is 28.3 Å². The third-order valence-corrected chi connectivity index (χ3v) is 11.4. The second-order valence-corrected chi connectivity index (χ2v) is 14.3. The molecule has 2 N–H and O–H groups in total. The van der Waals surface area contributed by atoms with Crippen molar-refractivity contribution in [2.75, 3.05) is 25.5 Å². The Hall–Kier alpha value is -5.07. The highest BCUT2D eigenvalue weighted by Gasteiger charge is 2.45. The fraction of sp³-hybridized carbons (Fsp3) is 0.368.